The molecular weight excluding hydrogens is 236 g/mol. The Morgan fingerprint density at radius 2 is 2.00 bits per heavy atom. The quantitative estimate of drug-likeness (QED) is 0.804. The number of nitrogens with one attached hydrogen (secondary N) is 2. The number of piperidine rings is 1. The number of hydrogen-bond acceptors (Lipinski definition) is 3. The molecular formula is C12H26N2O2S. The second-order valence-electron chi connectivity index (χ2n) is 6.32. The van der Waals surface area contributed by atoms with Gasteiger partial charge < -0.3 is 5.32 Å². The fourth-order valence-electron chi connectivity index (χ4n) is 1.92. The third-order valence-electron chi connectivity index (χ3n) is 3.24. The lowest BCUT2D eigenvalue weighted by molar-refractivity contribution is 0.326. The molecule has 17 heavy (non-hydrogen) atoms. The van der Waals surface area contributed by atoms with Gasteiger partial charge in [-0.15, -0.1) is 0 Å². The van der Waals surface area contributed by atoms with Gasteiger partial charge in [0.05, 0.1) is 5.75 Å². The molecule has 1 saturated heterocycles. The maximum absolute atomic E-state index is 12.0. The van der Waals surface area contributed by atoms with Crippen LogP contribution in [0.1, 0.15) is 40.5 Å². The summed E-state index contributed by atoms with van der Waals surface area (Å²) in [4.78, 5) is 0. The van der Waals surface area contributed by atoms with Crippen LogP contribution in [0.4, 0.5) is 0 Å². The molecule has 0 radical (unpaired) electrons. The first-order valence-corrected chi connectivity index (χ1v) is 8.05. The van der Waals surface area contributed by atoms with Crippen molar-refractivity contribution in [1.82, 2.24) is 10.0 Å². The Morgan fingerprint density at radius 1 is 1.35 bits per heavy atom. The molecule has 1 aliphatic rings. The molecule has 2 N–H and O–H groups in total. The fraction of sp³-hybridized carbons (Fsp3) is 1.00. The molecule has 102 valence electrons. The third kappa shape index (κ3) is 5.84. The number of sulfonamides is 1. The van der Waals surface area contributed by atoms with E-state index in [4.69, 9.17) is 0 Å². The van der Waals surface area contributed by atoms with Gasteiger partial charge in [0.25, 0.3) is 0 Å². The van der Waals surface area contributed by atoms with Crippen LogP contribution in [0.25, 0.3) is 0 Å². The van der Waals surface area contributed by atoms with Gasteiger partial charge in [-0.05, 0) is 37.3 Å². The molecule has 5 heteroatoms. The van der Waals surface area contributed by atoms with E-state index in [1.54, 1.807) is 0 Å². The minimum atomic E-state index is -3.13. The Hall–Kier alpha value is -0.130. The second kappa shape index (κ2) is 5.67. The monoisotopic (exact) mass is 262 g/mol. The van der Waals surface area contributed by atoms with E-state index in [-0.39, 0.29) is 17.2 Å². The molecule has 0 amide bonds. The van der Waals surface area contributed by atoms with Crippen LogP contribution in [0.5, 0.6) is 0 Å². The van der Waals surface area contributed by atoms with Crippen LogP contribution < -0.4 is 10.0 Å². The van der Waals surface area contributed by atoms with Gasteiger partial charge in [0.1, 0.15) is 0 Å². The summed E-state index contributed by atoms with van der Waals surface area (Å²) in [7, 11) is -3.13. The fourth-order valence-corrected chi connectivity index (χ4v) is 3.73. The molecule has 2 unspecified atom stereocenters. The van der Waals surface area contributed by atoms with Gasteiger partial charge >= 0.3 is 0 Å². The predicted octanol–water partition coefficient (Wildman–Crippen LogP) is 1.34. The van der Waals surface area contributed by atoms with Crippen LogP contribution in [0, 0.1) is 11.3 Å². The highest BCUT2D eigenvalue weighted by Gasteiger charge is 2.26. The minimum absolute atomic E-state index is 0.0640. The summed E-state index contributed by atoms with van der Waals surface area (Å²) >= 11 is 0. The van der Waals surface area contributed by atoms with Gasteiger partial charge in [0.2, 0.25) is 10.0 Å². The van der Waals surface area contributed by atoms with E-state index >= 15 is 0 Å². The lowest BCUT2D eigenvalue weighted by Gasteiger charge is -2.30. The molecule has 0 spiro atoms. The zero-order chi connectivity index (χ0) is 13.1. The van der Waals surface area contributed by atoms with Crippen molar-refractivity contribution in [3.63, 3.8) is 0 Å². The Morgan fingerprint density at radius 3 is 2.53 bits per heavy atom. The lowest BCUT2D eigenvalue weighted by atomic mass is 9.94. The Balaban J connectivity index is 2.48. The maximum Gasteiger partial charge on any atom is 0.211 e. The highest BCUT2D eigenvalue weighted by molar-refractivity contribution is 7.89. The molecule has 0 aliphatic carbocycles. The van der Waals surface area contributed by atoms with Gasteiger partial charge in [-0.1, -0.05) is 27.7 Å². The number of rotatable bonds is 4. The molecule has 2 atom stereocenters. The summed E-state index contributed by atoms with van der Waals surface area (Å²) in [5, 5.41) is 3.27. The van der Waals surface area contributed by atoms with E-state index in [0.717, 1.165) is 19.5 Å². The first kappa shape index (κ1) is 14.9. The SMILES string of the molecule is CC1CNCCC1NS(=O)(=O)CCC(C)(C)C. The van der Waals surface area contributed by atoms with Crippen molar-refractivity contribution in [3.05, 3.63) is 0 Å². The first-order chi connectivity index (χ1) is 7.70. The van der Waals surface area contributed by atoms with Crippen LogP contribution >= 0.6 is 0 Å². The Labute approximate surface area is 106 Å². The second-order valence-corrected chi connectivity index (χ2v) is 8.20. The highest BCUT2D eigenvalue weighted by atomic mass is 32.2. The lowest BCUT2D eigenvalue weighted by Crippen LogP contribution is -2.49. The molecule has 0 aromatic rings. The summed E-state index contributed by atoms with van der Waals surface area (Å²) in [5.74, 6) is 0.598. The van der Waals surface area contributed by atoms with Crippen molar-refractivity contribution >= 4 is 10.0 Å². The Kier molecular flexibility index (Phi) is 4.98. The van der Waals surface area contributed by atoms with Gasteiger partial charge in [0, 0.05) is 6.04 Å². The first-order valence-electron chi connectivity index (χ1n) is 6.40. The average molecular weight is 262 g/mol. The van der Waals surface area contributed by atoms with Crippen molar-refractivity contribution in [3.8, 4) is 0 Å². The molecule has 1 rings (SSSR count). The summed E-state index contributed by atoms with van der Waals surface area (Å²) in [6.07, 6.45) is 1.58. The van der Waals surface area contributed by atoms with E-state index < -0.39 is 10.0 Å². The van der Waals surface area contributed by atoms with Crippen LogP contribution in [0.2, 0.25) is 0 Å². The zero-order valence-electron chi connectivity index (χ0n) is 11.4. The van der Waals surface area contributed by atoms with E-state index in [0.29, 0.717) is 12.3 Å². The van der Waals surface area contributed by atoms with E-state index in [1.807, 2.05) is 0 Å². The standard InChI is InChI=1S/C12H26N2O2S/c1-10-9-13-7-5-11(10)14-17(15,16)8-6-12(2,3)4/h10-11,13-14H,5-9H2,1-4H3. The van der Waals surface area contributed by atoms with Crippen molar-refractivity contribution in [2.24, 2.45) is 11.3 Å². The summed E-state index contributed by atoms with van der Waals surface area (Å²) in [6.45, 7) is 10.1. The van der Waals surface area contributed by atoms with Gasteiger partial charge in [-0.2, -0.15) is 0 Å². The molecule has 1 heterocycles. The summed E-state index contributed by atoms with van der Waals surface area (Å²) in [5.41, 5.74) is 0.0640. The molecule has 4 nitrogen and oxygen atoms in total. The van der Waals surface area contributed by atoms with Crippen molar-refractivity contribution in [1.29, 1.82) is 0 Å². The van der Waals surface area contributed by atoms with Crippen molar-refractivity contribution in [2.75, 3.05) is 18.8 Å². The number of hydrogen-bond donors (Lipinski definition) is 2. The van der Waals surface area contributed by atoms with Crippen LogP contribution in [-0.2, 0) is 10.0 Å². The topological polar surface area (TPSA) is 58.2 Å². The zero-order valence-corrected chi connectivity index (χ0v) is 12.2. The molecule has 0 saturated carbocycles. The predicted molar refractivity (Wildman–Crippen MR) is 71.4 cm³/mol. The van der Waals surface area contributed by atoms with Crippen molar-refractivity contribution in [2.45, 2.75) is 46.6 Å². The van der Waals surface area contributed by atoms with Gasteiger partial charge in [0.15, 0.2) is 0 Å². The molecule has 0 bridgehead atoms. The van der Waals surface area contributed by atoms with Crippen LogP contribution in [-0.4, -0.2) is 33.3 Å². The average Bonchev–Trinajstić information content (AvgIpc) is 2.18. The van der Waals surface area contributed by atoms with Crippen LogP contribution in [0.15, 0.2) is 0 Å². The maximum atomic E-state index is 12.0. The van der Waals surface area contributed by atoms with Crippen LogP contribution in [0.3, 0.4) is 0 Å². The van der Waals surface area contributed by atoms with Gasteiger partial charge in [-0.25, -0.2) is 13.1 Å². The largest absolute Gasteiger partial charge is 0.316 e. The highest BCUT2D eigenvalue weighted by Crippen LogP contribution is 2.19. The van der Waals surface area contributed by atoms with Crippen molar-refractivity contribution < 1.29 is 8.42 Å². The molecule has 1 fully saturated rings. The molecule has 1 aliphatic heterocycles. The molecule has 0 aromatic heterocycles. The van der Waals surface area contributed by atoms with E-state index in [2.05, 4.69) is 37.7 Å². The third-order valence-corrected chi connectivity index (χ3v) is 4.64. The smallest absolute Gasteiger partial charge is 0.211 e. The molecule has 0 aromatic carbocycles. The normalized spacial score (nSPS) is 27.1. The summed E-state index contributed by atoms with van der Waals surface area (Å²) < 4.78 is 26.8. The summed E-state index contributed by atoms with van der Waals surface area (Å²) in [6, 6.07) is 0.0984. The van der Waals surface area contributed by atoms with Gasteiger partial charge in [-0.3, -0.25) is 0 Å². The van der Waals surface area contributed by atoms with E-state index in [9.17, 15) is 8.42 Å². The van der Waals surface area contributed by atoms with E-state index in [1.165, 1.54) is 0 Å². The Bertz CT molecular complexity index is 333. The minimum Gasteiger partial charge on any atom is -0.316 e.